The van der Waals surface area contributed by atoms with Crippen LogP contribution in [0.25, 0.3) is 22.5 Å². The van der Waals surface area contributed by atoms with Crippen molar-refractivity contribution in [1.82, 2.24) is 39.7 Å². The summed E-state index contributed by atoms with van der Waals surface area (Å²) in [7, 11) is 0. The first kappa shape index (κ1) is 17.0. The third kappa shape index (κ3) is 3.29. The van der Waals surface area contributed by atoms with Gasteiger partial charge < -0.3 is 5.32 Å². The van der Waals surface area contributed by atoms with Crippen LogP contribution >= 0.6 is 0 Å². The molecule has 0 radical (unpaired) electrons. The Labute approximate surface area is 166 Å². The van der Waals surface area contributed by atoms with Crippen LogP contribution in [0.2, 0.25) is 0 Å². The third-order valence-electron chi connectivity index (χ3n) is 4.68. The third-order valence-corrected chi connectivity index (χ3v) is 4.68. The maximum Gasteiger partial charge on any atom is 0.225 e. The van der Waals surface area contributed by atoms with Crippen LogP contribution in [0.4, 0.5) is 5.95 Å². The zero-order valence-electron chi connectivity index (χ0n) is 15.6. The van der Waals surface area contributed by atoms with Gasteiger partial charge in [0.2, 0.25) is 5.95 Å². The van der Waals surface area contributed by atoms with Gasteiger partial charge in [0.1, 0.15) is 18.5 Å². The van der Waals surface area contributed by atoms with Crippen molar-refractivity contribution in [1.29, 1.82) is 0 Å². The highest BCUT2D eigenvalue weighted by Gasteiger charge is 2.11. The molecule has 1 N–H and O–H groups in total. The number of tetrazole rings is 1. The molecule has 0 spiro atoms. The average molecular weight is 383 g/mol. The summed E-state index contributed by atoms with van der Waals surface area (Å²) in [5, 5.41) is 14.6. The van der Waals surface area contributed by atoms with Gasteiger partial charge in [0.15, 0.2) is 0 Å². The number of fused-ring (bicyclic) bond motifs is 1. The van der Waals surface area contributed by atoms with Gasteiger partial charge in [-0.15, -0.1) is 5.10 Å². The minimum Gasteiger partial charge on any atom is -0.348 e. The van der Waals surface area contributed by atoms with Crippen LogP contribution < -0.4 is 5.32 Å². The lowest BCUT2D eigenvalue weighted by atomic mass is 10.1. The SMILES string of the molecule is C[C@H](Nc1nccc(-n2cnc3cc(-n4cnnn4)ccc32)n1)c1ccccc1. The Morgan fingerprint density at radius 1 is 0.966 bits per heavy atom. The van der Waals surface area contributed by atoms with Gasteiger partial charge in [-0.3, -0.25) is 4.57 Å². The lowest BCUT2D eigenvalue weighted by molar-refractivity contribution is 0.789. The molecule has 3 heterocycles. The molecule has 0 aliphatic carbocycles. The molecule has 2 aromatic carbocycles. The average Bonchev–Trinajstić information content (AvgIpc) is 3.44. The second-order valence-corrected chi connectivity index (χ2v) is 6.56. The molecule has 0 aliphatic heterocycles. The number of nitrogens with one attached hydrogen (secondary N) is 1. The van der Waals surface area contributed by atoms with E-state index in [1.54, 1.807) is 23.5 Å². The maximum absolute atomic E-state index is 4.67. The fraction of sp³-hybridized carbons (Fsp3) is 0.100. The molecule has 0 aliphatic rings. The first-order chi connectivity index (χ1) is 14.3. The molecule has 5 rings (SSSR count). The van der Waals surface area contributed by atoms with Crippen molar-refractivity contribution in [3.63, 3.8) is 0 Å². The number of benzene rings is 2. The van der Waals surface area contributed by atoms with Crippen LogP contribution in [-0.2, 0) is 0 Å². The summed E-state index contributed by atoms with van der Waals surface area (Å²) in [5.74, 6) is 1.30. The fourth-order valence-electron chi connectivity index (χ4n) is 3.18. The highest BCUT2D eigenvalue weighted by Crippen LogP contribution is 2.21. The van der Waals surface area contributed by atoms with Crippen LogP contribution in [0.1, 0.15) is 18.5 Å². The molecular weight excluding hydrogens is 366 g/mol. The summed E-state index contributed by atoms with van der Waals surface area (Å²) in [6.45, 7) is 2.08. The molecule has 0 bridgehead atoms. The van der Waals surface area contributed by atoms with Crippen molar-refractivity contribution >= 4 is 17.0 Å². The van der Waals surface area contributed by atoms with E-state index in [1.165, 1.54) is 5.56 Å². The summed E-state index contributed by atoms with van der Waals surface area (Å²) >= 11 is 0. The van der Waals surface area contributed by atoms with Gasteiger partial charge in [0.05, 0.1) is 22.8 Å². The smallest absolute Gasteiger partial charge is 0.225 e. The summed E-state index contributed by atoms with van der Waals surface area (Å²) in [5.41, 5.74) is 3.77. The van der Waals surface area contributed by atoms with Crippen LogP contribution in [0.5, 0.6) is 0 Å². The predicted octanol–water partition coefficient (Wildman–Crippen LogP) is 2.96. The zero-order chi connectivity index (χ0) is 19.6. The Morgan fingerprint density at radius 3 is 2.69 bits per heavy atom. The molecule has 0 unspecified atom stereocenters. The highest BCUT2D eigenvalue weighted by molar-refractivity contribution is 5.79. The molecule has 3 aromatic heterocycles. The van der Waals surface area contributed by atoms with Gasteiger partial charge in [0.25, 0.3) is 0 Å². The first-order valence-electron chi connectivity index (χ1n) is 9.13. The normalized spacial score (nSPS) is 12.2. The van der Waals surface area contributed by atoms with Crippen molar-refractivity contribution in [3.05, 3.63) is 79.0 Å². The van der Waals surface area contributed by atoms with E-state index < -0.39 is 0 Å². The van der Waals surface area contributed by atoms with Gasteiger partial charge in [-0.25, -0.2) is 14.6 Å². The Hall–Kier alpha value is -4.14. The minimum absolute atomic E-state index is 0.0878. The van der Waals surface area contributed by atoms with Crippen molar-refractivity contribution in [2.75, 3.05) is 5.32 Å². The molecular formula is C20H17N9. The van der Waals surface area contributed by atoms with Crippen LogP contribution in [-0.4, -0.2) is 39.7 Å². The number of hydrogen-bond donors (Lipinski definition) is 1. The first-order valence-corrected chi connectivity index (χ1v) is 9.13. The molecule has 0 amide bonds. The molecule has 0 saturated heterocycles. The number of hydrogen-bond acceptors (Lipinski definition) is 7. The van der Waals surface area contributed by atoms with Gasteiger partial charge in [-0.1, -0.05) is 30.3 Å². The van der Waals surface area contributed by atoms with Crippen LogP contribution in [0.15, 0.2) is 73.4 Å². The number of rotatable bonds is 5. The molecule has 0 fully saturated rings. The highest BCUT2D eigenvalue weighted by atomic mass is 15.5. The summed E-state index contributed by atoms with van der Waals surface area (Å²) in [6.07, 6.45) is 5.04. The molecule has 9 heteroatoms. The monoisotopic (exact) mass is 383 g/mol. The quantitative estimate of drug-likeness (QED) is 0.498. The van der Waals surface area contributed by atoms with E-state index in [9.17, 15) is 0 Å². The van der Waals surface area contributed by atoms with E-state index in [1.807, 2.05) is 47.0 Å². The van der Waals surface area contributed by atoms with Gasteiger partial charge >= 0.3 is 0 Å². The number of imidazole rings is 1. The Balaban J connectivity index is 1.45. The number of aromatic nitrogens is 8. The Morgan fingerprint density at radius 2 is 1.86 bits per heavy atom. The van der Waals surface area contributed by atoms with E-state index in [4.69, 9.17) is 0 Å². The lowest BCUT2D eigenvalue weighted by Crippen LogP contribution is -2.10. The molecule has 1 atom stereocenters. The van der Waals surface area contributed by atoms with E-state index in [0.717, 1.165) is 22.5 Å². The largest absolute Gasteiger partial charge is 0.348 e. The molecule has 5 aromatic rings. The van der Waals surface area contributed by atoms with Gasteiger partial charge in [-0.05, 0) is 47.2 Å². The predicted molar refractivity (Wildman–Crippen MR) is 108 cm³/mol. The topological polar surface area (TPSA) is 99.2 Å². The fourth-order valence-corrected chi connectivity index (χ4v) is 3.18. The molecule has 9 nitrogen and oxygen atoms in total. The van der Waals surface area contributed by atoms with Gasteiger partial charge in [0, 0.05) is 6.20 Å². The molecule has 142 valence electrons. The molecule has 0 saturated carbocycles. The van der Waals surface area contributed by atoms with E-state index >= 15 is 0 Å². The second kappa shape index (κ2) is 7.12. The number of anilines is 1. The van der Waals surface area contributed by atoms with E-state index in [0.29, 0.717) is 5.95 Å². The van der Waals surface area contributed by atoms with Crippen molar-refractivity contribution in [3.8, 4) is 11.5 Å². The Kier molecular flexibility index (Phi) is 4.17. The number of nitrogens with zero attached hydrogens (tertiary/aromatic N) is 8. The van der Waals surface area contributed by atoms with E-state index in [-0.39, 0.29) is 6.04 Å². The van der Waals surface area contributed by atoms with E-state index in [2.05, 4.69) is 54.9 Å². The minimum atomic E-state index is 0.0878. The van der Waals surface area contributed by atoms with Crippen LogP contribution in [0.3, 0.4) is 0 Å². The summed E-state index contributed by atoms with van der Waals surface area (Å²) in [6, 6.07) is 18.0. The zero-order valence-corrected chi connectivity index (χ0v) is 15.6. The Bertz CT molecular complexity index is 1250. The lowest BCUT2D eigenvalue weighted by Gasteiger charge is -2.14. The van der Waals surface area contributed by atoms with Crippen molar-refractivity contribution in [2.45, 2.75) is 13.0 Å². The maximum atomic E-state index is 4.67. The van der Waals surface area contributed by atoms with Gasteiger partial charge in [-0.2, -0.15) is 4.98 Å². The van der Waals surface area contributed by atoms with Crippen molar-refractivity contribution < 1.29 is 0 Å². The summed E-state index contributed by atoms with van der Waals surface area (Å²) in [4.78, 5) is 13.5. The molecule has 29 heavy (non-hydrogen) atoms. The van der Waals surface area contributed by atoms with Crippen molar-refractivity contribution in [2.24, 2.45) is 0 Å². The standard InChI is InChI=1S/C20H17N9/c1-14(15-5-3-2-4-6-15)24-20-21-10-9-19(25-20)28-12-22-17-11-16(7-8-18(17)28)29-13-23-26-27-29/h2-14H,1H3,(H,21,24,25)/t14-/m0/s1. The van der Waals surface area contributed by atoms with Crippen LogP contribution in [0, 0.1) is 0 Å². The summed E-state index contributed by atoms with van der Waals surface area (Å²) < 4.78 is 3.52. The second-order valence-electron chi connectivity index (χ2n) is 6.56.